The standard InChI is InChI=1S/C11H8F8O/c12-7-3-1-6(2-4-7)8(20)5-9(13,10(14,15)16)11(17,18)19/h1-4,8,20H,5H2. The van der Waals surface area contributed by atoms with Crippen molar-refractivity contribution in [1.29, 1.82) is 0 Å². The number of hydrogen-bond acceptors (Lipinski definition) is 1. The van der Waals surface area contributed by atoms with E-state index in [0.29, 0.717) is 0 Å². The largest absolute Gasteiger partial charge is 0.431 e. The van der Waals surface area contributed by atoms with E-state index < -0.39 is 41.9 Å². The van der Waals surface area contributed by atoms with Crippen molar-refractivity contribution in [2.45, 2.75) is 30.5 Å². The van der Waals surface area contributed by atoms with Crippen LogP contribution >= 0.6 is 0 Å². The monoisotopic (exact) mass is 308 g/mol. The van der Waals surface area contributed by atoms with Gasteiger partial charge in [-0.3, -0.25) is 0 Å². The van der Waals surface area contributed by atoms with E-state index in [2.05, 4.69) is 0 Å². The van der Waals surface area contributed by atoms with Gasteiger partial charge in [-0.15, -0.1) is 0 Å². The number of halogens is 8. The molecule has 20 heavy (non-hydrogen) atoms. The van der Waals surface area contributed by atoms with Gasteiger partial charge in [-0.25, -0.2) is 8.78 Å². The minimum absolute atomic E-state index is 0.457. The average molecular weight is 308 g/mol. The van der Waals surface area contributed by atoms with Crippen LogP contribution in [0, 0.1) is 5.82 Å². The topological polar surface area (TPSA) is 20.2 Å². The number of aliphatic hydroxyl groups is 1. The minimum atomic E-state index is -6.23. The van der Waals surface area contributed by atoms with Gasteiger partial charge in [-0.2, -0.15) is 26.3 Å². The van der Waals surface area contributed by atoms with Gasteiger partial charge >= 0.3 is 18.0 Å². The van der Waals surface area contributed by atoms with Crippen molar-refractivity contribution in [3.05, 3.63) is 35.6 Å². The summed E-state index contributed by atoms with van der Waals surface area (Å²) in [7, 11) is 0. The first-order valence-electron chi connectivity index (χ1n) is 5.14. The fraction of sp³-hybridized carbons (Fsp3) is 0.455. The highest BCUT2D eigenvalue weighted by atomic mass is 19.4. The molecular formula is C11H8F8O. The highest BCUT2D eigenvalue weighted by Gasteiger charge is 2.72. The molecule has 0 aliphatic carbocycles. The summed E-state index contributed by atoms with van der Waals surface area (Å²) in [6, 6.07) is 2.99. The second-order valence-corrected chi connectivity index (χ2v) is 4.07. The number of alkyl halides is 7. The number of rotatable bonds is 3. The molecule has 1 N–H and O–H groups in total. The Morgan fingerprint density at radius 1 is 0.850 bits per heavy atom. The highest BCUT2D eigenvalue weighted by molar-refractivity contribution is 5.19. The Kier molecular flexibility index (Phi) is 4.33. The Morgan fingerprint density at radius 3 is 1.60 bits per heavy atom. The Balaban J connectivity index is 3.05. The van der Waals surface area contributed by atoms with Crippen molar-refractivity contribution >= 4 is 0 Å². The molecule has 0 amide bonds. The van der Waals surface area contributed by atoms with Crippen molar-refractivity contribution in [2.24, 2.45) is 0 Å². The fourth-order valence-corrected chi connectivity index (χ4v) is 1.46. The first-order valence-corrected chi connectivity index (χ1v) is 5.14. The SMILES string of the molecule is OC(CC(F)(C(F)(F)F)C(F)(F)F)c1ccc(F)cc1. The summed E-state index contributed by atoms with van der Waals surface area (Å²) < 4.78 is 99.5. The van der Waals surface area contributed by atoms with E-state index in [1.54, 1.807) is 0 Å². The molecule has 0 aliphatic rings. The molecule has 0 saturated carbocycles. The van der Waals surface area contributed by atoms with Crippen molar-refractivity contribution in [3.8, 4) is 0 Å². The lowest BCUT2D eigenvalue weighted by Gasteiger charge is -2.31. The van der Waals surface area contributed by atoms with E-state index in [1.165, 1.54) is 0 Å². The maximum absolute atomic E-state index is 13.3. The van der Waals surface area contributed by atoms with Crippen LogP contribution in [-0.2, 0) is 0 Å². The van der Waals surface area contributed by atoms with E-state index in [9.17, 15) is 40.2 Å². The molecule has 0 fully saturated rings. The van der Waals surface area contributed by atoms with Crippen molar-refractivity contribution in [2.75, 3.05) is 0 Å². The maximum Gasteiger partial charge on any atom is 0.431 e. The van der Waals surface area contributed by atoms with Crippen molar-refractivity contribution < 1.29 is 40.2 Å². The van der Waals surface area contributed by atoms with Crippen LogP contribution in [0.5, 0.6) is 0 Å². The normalized spacial score (nSPS) is 15.2. The lowest BCUT2D eigenvalue weighted by atomic mass is 9.93. The van der Waals surface area contributed by atoms with Crippen LogP contribution in [0.1, 0.15) is 18.1 Å². The molecule has 9 heteroatoms. The second kappa shape index (κ2) is 5.19. The summed E-state index contributed by atoms with van der Waals surface area (Å²) in [5, 5.41) is 9.31. The highest BCUT2D eigenvalue weighted by Crippen LogP contribution is 2.50. The second-order valence-electron chi connectivity index (χ2n) is 4.07. The van der Waals surface area contributed by atoms with Gasteiger partial charge in [0, 0.05) is 6.42 Å². The molecule has 0 saturated heterocycles. The van der Waals surface area contributed by atoms with E-state index >= 15 is 0 Å². The summed E-state index contributed by atoms with van der Waals surface area (Å²) >= 11 is 0. The van der Waals surface area contributed by atoms with Crippen molar-refractivity contribution in [3.63, 3.8) is 0 Å². The summed E-state index contributed by atoms with van der Waals surface area (Å²) in [5.41, 5.74) is -6.00. The molecule has 1 rings (SSSR count). The quantitative estimate of drug-likeness (QED) is 0.834. The summed E-state index contributed by atoms with van der Waals surface area (Å²) in [5.74, 6) is -0.806. The summed E-state index contributed by atoms with van der Waals surface area (Å²) in [4.78, 5) is 0. The maximum atomic E-state index is 13.3. The molecule has 0 spiro atoms. The third-order valence-corrected chi connectivity index (χ3v) is 2.63. The molecule has 1 atom stereocenters. The third-order valence-electron chi connectivity index (χ3n) is 2.63. The predicted octanol–water partition coefficient (Wildman–Crippen LogP) is 4.08. The lowest BCUT2D eigenvalue weighted by Crippen LogP contribution is -2.54. The Labute approximate surface area is 107 Å². The van der Waals surface area contributed by atoms with Crippen LogP contribution in [0.3, 0.4) is 0 Å². The zero-order valence-electron chi connectivity index (χ0n) is 9.56. The number of hydrogen-bond donors (Lipinski definition) is 1. The van der Waals surface area contributed by atoms with Gasteiger partial charge < -0.3 is 5.11 Å². The first kappa shape index (κ1) is 16.7. The van der Waals surface area contributed by atoms with Crippen LogP contribution in [0.4, 0.5) is 35.1 Å². The molecule has 1 aromatic rings. The van der Waals surface area contributed by atoms with Crippen LogP contribution in [-0.4, -0.2) is 23.1 Å². The minimum Gasteiger partial charge on any atom is -0.388 e. The Bertz CT molecular complexity index is 433. The summed E-state index contributed by atoms with van der Waals surface area (Å²) in [6.07, 6.45) is -17.1. The zero-order chi connectivity index (χ0) is 15.8. The molecule has 0 bridgehead atoms. The molecule has 1 unspecified atom stereocenters. The number of aliphatic hydroxyl groups excluding tert-OH is 1. The molecule has 1 aromatic carbocycles. The van der Waals surface area contributed by atoms with Gasteiger partial charge in [0.05, 0.1) is 6.10 Å². The lowest BCUT2D eigenvalue weighted by molar-refractivity contribution is -0.347. The molecule has 0 heterocycles. The van der Waals surface area contributed by atoms with Gasteiger partial charge in [-0.05, 0) is 17.7 Å². The fourth-order valence-electron chi connectivity index (χ4n) is 1.46. The predicted molar refractivity (Wildman–Crippen MR) is 51.9 cm³/mol. The molecule has 0 aliphatic heterocycles. The molecule has 114 valence electrons. The third kappa shape index (κ3) is 3.20. The van der Waals surface area contributed by atoms with Crippen LogP contribution in [0.25, 0.3) is 0 Å². The summed E-state index contributed by atoms with van der Waals surface area (Å²) in [6.45, 7) is 0. The van der Waals surface area contributed by atoms with E-state index in [-0.39, 0.29) is 0 Å². The van der Waals surface area contributed by atoms with Gasteiger partial charge in [-0.1, -0.05) is 12.1 Å². The zero-order valence-corrected chi connectivity index (χ0v) is 9.56. The Hall–Kier alpha value is -1.38. The van der Waals surface area contributed by atoms with Gasteiger partial charge in [0.2, 0.25) is 0 Å². The molecule has 0 radical (unpaired) electrons. The van der Waals surface area contributed by atoms with Gasteiger partial charge in [0.15, 0.2) is 0 Å². The van der Waals surface area contributed by atoms with Crippen LogP contribution in [0.2, 0.25) is 0 Å². The van der Waals surface area contributed by atoms with Gasteiger partial charge in [0.1, 0.15) is 5.82 Å². The van der Waals surface area contributed by atoms with E-state index in [1.807, 2.05) is 0 Å². The van der Waals surface area contributed by atoms with Crippen molar-refractivity contribution in [1.82, 2.24) is 0 Å². The smallest absolute Gasteiger partial charge is 0.388 e. The van der Waals surface area contributed by atoms with Crippen LogP contribution < -0.4 is 0 Å². The molecular weight excluding hydrogens is 300 g/mol. The number of benzene rings is 1. The molecule has 0 aromatic heterocycles. The van der Waals surface area contributed by atoms with E-state index in [4.69, 9.17) is 0 Å². The van der Waals surface area contributed by atoms with Crippen LogP contribution in [0.15, 0.2) is 24.3 Å². The Morgan fingerprint density at radius 2 is 1.25 bits per heavy atom. The molecule has 1 nitrogen and oxygen atoms in total. The average Bonchev–Trinajstić information content (AvgIpc) is 2.26. The first-order chi connectivity index (χ1) is 8.88. The van der Waals surface area contributed by atoms with E-state index in [0.717, 1.165) is 24.3 Å². The van der Waals surface area contributed by atoms with Gasteiger partial charge in [0.25, 0.3) is 0 Å².